The Morgan fingerprint density at radius 2 is 1.89 bits per heavy atom. The molecular weight excluding hydrogens is 250 g/mol. The summed E-state index contributed by atoms with van der Waals surface area (Å²) >= 11 is 5.73. The van der Waals surface area contributed by atoms with Crippen LogP contribution in [0.25, 0.3) is 0 Å². The molecule has 2 rings (SSSR count). The average molecular weight is 262 g/mol. The van der Waals surface area contributed by atoms with Crippen LogP contribution >= 0.6 is 11.6 Å². The first kappa shape index (κ1) is 12.4. The van der Waals surface area contributed by atoms with Gasteiger partial charge in [0.15, 0.2) is 0 Å². The number of anilines is 2. The molecule has 0 aliphatic carbocycles. The molecule has 0 aliphatic heterocycles. The molecule has 18 heavy (non-hydrogen) atoms. The standard InChI is InChI=1S/C13H12ClN3O/c1-9-3-2-4-10(7-9)16-13(18)17-11-5-6-15-12(14)8-11/h2-8H,1H3,(H2,15,16,17,18). The van der Waals surface area contributed by atoms with Gasteiger partial charge in [0.2, 0.25) is 0 Å². The van der Waals surface area contributed by atoms with Crippen molar-refractivity contribution in [3.05, 3.63) is 53.3 Å². The SMILES string of the molecule is Cc1cccc(NC(=O)Nc2ccnc(Cl)c2)c1. The molecule has 1 aromatic carbocycles. The van der Waals surface area contributed by atoms with E-state index >= 15 is 0 Å². The van der Waals surface area contributed by atoms with E-state index in [1.54, 1.807) is 12.1 Å². The quantitative estimate of drug-likeness (QED) is 0.810. The van der Waals surface area contributed by atoms with Crippen molar-refractivity contribution in [3.8, 4) is 0 Å². The van der Waals surface area contributed by atoms with Crippen molar-refractivity contribution in [3.63, 3.8) is 0 Å². The van der Waals surface area contributed by atoms with Crippen LogP contribution in [0.4, 0.5) is 16.2 Å². The van der Waals surface area contributed by atoms with Crippen LogP contribution in [0.3, 0.4) is 0 Å². The molecule has 0 atom stereocenters. The fourth-order valence-electron chi connectivity index (χ4n) is 1.50. The number of nitrogens with zero attached hydrogens (tertiary/aromatic N) is 1. The van der Waals surface area contributed by atoms with Crippen LogP contribution in [0.5, 0.6) is 0 Å². The predicted molar refractivity (Wildman–Crippen MR) is 73.1 cm³/mol. The first-order valence-electron chi connectivity index (χ1n) is 5.40. The number of hydrogen-bond acceptors (Lipinski definition) is 2. The maximum atomic E-state index is 11.7. The molecule has 0 saturated carbocycles. The number of pyridine rings is 1. The first-order valence-corrected chi connectivity index (χ1v) is 5.77. The molecular formula is C13H12ClN3O. The van der Waals surface area contributed by atoms with Crippen molar-refractivity contribution in [1.29, 1.82) is 0 Å². The average Bonchev–Trinajstić information content (AvgIpc) is 2.28. The lowest BCUT2D eigenvalue weighted by molar-refractivity contribution is 0.262. The number of hydrogen-bond donors (Lipinski definition) is 2. The van der Waals surface area contributed by atoms with Gasteiger partial charge in [-0.1, -0.05) is 23.7 Å². The fourth-order valence-corrected chi connectivity index (χ4v) is 1.67. The molecule has 0 fully saturated rings. The van der Waals surface area contributed by atoms with Crippen LogP contribution in [-0.4, -0.2) is 11.0 Å². The molecule has 1 aromatic heterocycles. The molecule has 0 bridgehead atoms. The Labute approximate surface area is 110 Å². The molecule has 0 radical (unpaired) electrons. The summed E-state index contributed by atoms with van der Waals surface area (Å²) in [7, 11) is 0. The summed E-state index contributed by atoms with van der Waals surface area (Å²) in [6.07, 6.45) is 1.53. The zero-order chi connectivity index (χ0) is 13.0. The van der Waals surface area contributed by atoms with E-state index in [1.165, 1.54) is 6.20 Å². The van der Waals surface area contributed by atoms with E-state index in [-0.39, 0.29) is 6.03 Å². The third-order valence-electron chi connectivity index (χ3n) is 2.26. The van der Waals surface area contributed by atoms with E-state index in [4.69, 9.17) is 11.6 Å². The number of urea groups is 1. The molecule has 1 heterocycles. The molecule has 2 N–H and O–H groups in total. The number of aromatic nitrogens is 1. The van der Waals surface area contributed by atoms with Crippen LogP contribution in [0.15, 0.2) is 42.6 Å². The molecule has 0 aliphatic rings. The monoisotopic (exact) mass is 261 g/mol. The van der Waals surface area contributed by atoms with Crippen molar-refractivity contribution in [2.45, 2.75) is 6.92 Å². The number of aryl methyl sites for hydroxylation is 1. The van der Waals surface area contributed by atoms with E-state index in [1.807, 2.05) is 31.2 Å². The number of carbonyl (C=O) groups excluding carboxylic acids is 1. The largest absolute Gasteiger partial charge is 0.323 e. The lowest BCUT2D eigenvalue weighted by atomic mass is 10.2. The van der Waals surface area contributed by atoms with Gasteiger partial charge in [-0.2, -0.15) is 0 Å². The second-order valence-corrected chi connectivity index (χ2v) is 4.20. The zero-order valence-corrected chi connectivity index (χ0v) is 10.5. The van der Waals surface area contributed by atoms with Crippen LogP contribution in [0.2, 0.25) is 5.15 Å². The maximum Gasteiger partial charge on any atom is 0.323 e. The third-order valence-corrected chi connectivity index (χ3v) is 2.47. The van der Waals surface area contributed by atoms with Gasteiger partial charge in [-0.3, -0.25) is 0 Å². The smallest absolute Gasteiger partial charge is 0.308 e. The number of rotatable bonds is 2. The number of benzene rings is 1. The second kappa shape index (κ2) is 5.51. The van der Waals surface area contributed by atoms with Crippen LogP contribution < -0.4 is 10.6 Å². The molecule has 0 saturated heterocycles. The van der Waals surface area contributed by atoms with Gasteiger partial charge in [0.25, 0.3) is 0 Å². The highest BCUT2D eigenvalue weighted by Gasteiger charge is 2.03. The Bertz CT molecular complexity index is 522. The summed E-state index contributed by atoms with van der Waals surface area (Å²) in [5.74, 6) is 0. The Morgan fingerprint density at radius 1 is 1.17 bits per heavy atom. The van der Waals surface area contributed by atoms with Crippen LogP contribution in [0, 0.1) is 6.92 Å². The Hall–Kier alpha value is -2.07. The van der Waals surface area contributed by atoms with E-state index in [0.29, 0.717) is 10.8 Å². The summed E-state index contributed by atoms with van der Waals surface area (Å²) in [6, 6.07) is 10.5. The fraction of sp³-hybridized carbons (Fsp3) is 0.0769. The molecule has 5 heteroatoms. The lowest BCUT2D eigenvalue weighted by Gasteiger charge is -2.08. The zero-order valence-electron chi connectivity index (χ0n) is 9.77. The van der Waals surface area contributed by atoms with E-state index < -0.39 is 0 Å². The highest BCUT2D eigenvalue weighted by atomic mass is 35.5. The van der Waals surface area contributed by atoms with Crippen LogP contribution in [0.1, 0.15) is 5.56 Å². The van der Waals surface area contributed by atoms with Crippen LogP contribution in [-0.2, 0) is 0 Å². The molecule has 0 spiro atoms. The van der Waals surface area contributed by atoms with Gasteiger partial charge in [-0.25, -0.2) is 9.78 Å². The number of amides is 2. The maximum absolute atomic E-state index is 11.7. The summed E-state index contributed by atoms with van der Waals surface area (Å²) in [4.78, 5) is 15.6. The Kier molecular flexibility index (Phi) is 3.79. The van der Waals surface area contributed by atoms with Gasteiger partial charge in [0, 0.05) is 17.6 Å². The normalized spacial score (nSPS) is 9.89. The highest BCUT2D eigenvalue weighted by molar-refractivity contribution is 6.29. The van der Waals surface area contributed by atoms with Gasteiger partial charge in [0.1, 0.15) is 5.15 Å². The van der Waals surface area contributed by atoms with Crippen molar-refractivity contribution in [2.75, 3.05) is 10.6 Å². The lowest BCUT2D eigenvalue weighted by Crippen LogP contribution is -2.19. The molecule has 4 nitrogen and oxygen atoms in total. The Morgan fingerprint density at radius 3 is 2.56 bits per heavy atom. The summed E-state index contributed by atoms with van der Waals surface area (Å²) in [5.41, 5.74) is 2.42. The Balaban J connectivity index is 2.01. The molecule has 0 unspecified atom stereocenters. The number of carbonyl (C=O) groups is 1. The van der Waals surface area contributed by atoms with Crippen molar-refractivity contribution in [1.82, 2.24) is 4.98 Å². The minimum absolute atomic E-state index is 0.317. The number of nitrogens with one attached hydrogen (secondary N) is 2. The van der Waals surface area contributed by atoms with Gasteiger partial charge in [-0.15, -0.1) is 0 Å². The van der Waals surface area contributed by atoms with Gasteiger partial charge in [-0.05, 0) is 36.8 Å². The predicted octanol–water partition coefficient (Wildman–Crippen LogP) is 3.69. The van der Waals surface area contributed by atoms with Crippen molar-refractivity contribution < 1.29 is 4.79 Å². The van der Waals surface area contributed by atoms with Gasteiger partial charge < -0.3 is 10.6 Å². The van der Waals surface area contributed by atoms with E-state index in [0.717, 1.165) is 11.3 Å². The second-order valence-electron chi connectivity index (χ2n) is 3.82. The minimum atomic E-state index is -0.317. The third kappa shape index (κ3) is 3.46. The van der Waals surface area contributed by atoms with E-state index in [9.17, 15) is 4.79 Å². The molecule has 2 aromatic rings. The highest BCUT2D eigenvalue weighted by Crippen LogP contribution is 2.13. The van der Waals surface area contributed by atoms with Gasteiger partial charge >= 0.3 is 6.03 Å². The topological polar surface area (TPSA) is 54.0 Å². The summed E-state index contributed by atoms with van der Waals surface area (Å²) in [6.45, 7) is 1.96. The number of halogens is 1. The van der Waals surface area contributed by atoms with E-state index in [2.05, 4.69) is 15.6 Å². The van der Waals surface area contributed by atoms with Gasteiger partial charge in [0.05, 0.1) is 0 Å². The molecule has 92 valence electrons. The van der Waals surface area contributed by atoms with Crippen molar-refractivity contribution in [2.24, 2.45) is 0 Å². The summed E-state index contributed by atoms with van der Waals surface area (Å²) < 4.78 is 0. The minimum Gasteiger partial charge on any atom is -0.308 e. The molecule has 2 amide bonds. The summed E-state index contributed by atoms with van der Waals surface area (Å²) in [5, 5.41) is 5.75. The van der Waals surface area contributed by atoms with Crippen molar-refractivity contribution >= 4 is 29.0 Å². The first-order chi connectivity index (χ1) is 8.63.